The van der Waals surface area contributed by atoms with Crippen molar-refractivity contribution in [3.05, 3.63) is 66.4 Å². The normalized spacial score (nSPS) is 10.9. The van der Waals surface area contributed by atoms with Gasteiger partial charge in [-0.15, -0.1) is 5.10 Å². The third kappa shape index (κ3) is 2.50. The summed E-state index contributed by atoms with van der Waals surface area (Å²) in [7, 11) is 0. The molecule has 0 saturated carbocycles. The molecule has 0 aliphatic rings. The van der Waals surface area contributed by atoms with Gasteiger partial charge in [-0.3, -0.25) is 4.79 Å². The van der Waals surface area contributed by atoms with Crippen molar-refractivity contribution >= 4 is 17.2 Å². The smallest absolute Gasteiger partial charge is 0.275 e. The second-order valence-corrected chi connectivity index (χ2v) is 5.28. The zero-order valence-electron chi connectivity index (χ0n) is 12.8. The van der Waals surface area contributed by atoms with Crippen molar-refractivity contribution in [2.24, 2.45) is 0 Å². The fraction of sp³-hybridized carbons (Fsp3) is 0.0625. The molecule has 8 nitrogen and oxygen atoms in total. The number of rotatable bonds is 3. The first-order valence-corrected chi connectivity index (χ1v) is 7.30. The highest BCUT2D eigenvalue weighted by Crippen LogP contribution is 2.14. The molecule has 0 fully saturated rings. The molecule has 24 heavy (non-hydrogen) atoms. The molecule has 1 amide bonds. The average Bonchev–Trinajstić information content (AvgIpc) is 3.26. The van der Waals surface area contributed by atoms with Gasteiger partial charge < -0.3 is 9.72 Å². The van der Waals surface area contributed by atoms with Crippen LogP contribution in [0.15, 0.2) is 55.0 Å². The fourth-order valence-electron chi connectivity index (χ4n) is 2.43. The molecule has 0 bridgehead atoms. The highest BCUT2D eigenvalue weighted by molar-refractivity contribution is 6.03. The number of aryl methyl sites for hydroxylation is 1. The predicted octanol–water partition coefficient (Wildman–Crippen LogP) is 1.87. The number of anilines is 1. The van der Waals surface area contributed by atoms with Gasteiger partial charge in [-0.2, -0.15) is 0 Å². The number of nitrogens with one attached hydrogen (secondary N) is 1. The molecule has 8 heteroatoms. The van der Waals surface area contributed by atoms with E-state index in [-0.39, 0.29) is 5.91 Å². The molecule has 0 atom stereocenters. The summed E-state index contributed by atoms with van der Waals surface area (Å²) in [5, 5.41) is 13.8. The molecule has 0 aliphatic carbocycles. The van der Waals surface area contributed by atoms with Crippen LogP contribution in [0.25, 0.3) is 11.3 Å². The lowest BCUT2D eigenvalue weighted by molar-refractivity contribution is 0.102. The lowest BCUT2D eigenvalue weighted by atomic mass is 10.2. The number of hydrogen-bond donors (Lipinski definition) is 1. The van der Waals surface area contributed by atoms with Gasteiger partial charge in [0, 0.05) is 17.6 Å². The summed E-state index contributed by atoms with van der Waals surface area (Å²) in [6, 6.07) is 13.0. The zero-order chi connectivity index (χ0) is 16.5. The average molecular weight is 319 g/mol. The molecule has 0 radical (unpaired) electrons. The third-order valence-electron chi connectivity index (χ3n) is 3.67. The Morgan fingerprint density at radius 1 is 1.12 bits per heavy atom. The largest absolute Gasteiger partial charge is 0.321 e. The fourth-order valence-corrected chi connectivity index (χ4v) is 2.43. The van der Waals surface area contributed by atoms with Crippen molar-refractivity contribution in [2.75, 3.05) is 5.32 Å². The van der Waals surface area contributed by atoms with E-state index in [1.807, 2.05) is 41.7 Å². The zero-order valence-corrected chi connectivity index (χ0v) is 12.8. The molecule has 4 aromatic rings. The first-order valence-electron chi connectivity index (χ1n) is 7.30. The summed E-state index contributed by atoms with van der Waals surface area (Å²) in [6.07, 6.45) is 3.24. The number of fused-ring (bicyclic) bond motifs is 1. The molecule has 1 N–H and O–H groups in total. The Bertz CT molecular complexity index is 1000. The van der Waals surface area contributed by atoms with E-state index in [2.05, 4.69) is 25.8 Å². The number of carbonyl (C=O) groups is 1. The molecular weight excluding hydrogens is 306 g/mol. The van der Waals surface area contributed by atoms with Gasteiger partial charge in [-0.05, 0) is 53.7 Å². The summed E-state index contributed by atoms with van der Waals surface area (Å²) in [5.41, 5.74) is 3.61. The Kier molecular flexibility index (Phi) is 3.27. The molecule has 3 aromatic heterocycles. The number of tetrazole rings is 1. The van der Waals surface area contributed by atoms with Crippen LogP contribution in [-0.2, 0) is 0 Å². The van der Waals surface area contributed by atoms with Crippen LogP contribution >= 0.6 is 0 Å². The molecule has 4 rings (SSSR count). The Balaban J connectivity index is 1.55. The number of aromatic nitrogens is 6. The van der Waals surface area contributed by atoms with Crippen molar-refractivity contribution in [3.63, 3.8) is 0 Å². The first-order chi connectivity index (χ1) is 11.7. The summed E-state index contributed by atoms with van der Waals surface area (Å²) in [6.45, 7) is 1.97. The second-order valence-electron chi connectivity index (χ2n) is 5.28. The van der Waals surface area contributed by atoms with Gasteiger partial charge in [-0.1, -0.05) is 6.07 Å². The van der Waals surface area contributed by atoms with E-state index in [4.69, 9.17) is 0 Å². The van der Waals surface area contributed by atoms with E-state index in [0.717, 1.165) is 17.0 Å². The van der Waals surface area contributed by atoms with Crippen LogP contribution in [0.3, 0.4) is 0 Å². The quantitative estimate of drug-likeness (QED) is 0.622. The van der Waals surface area contributed by atoms with Crippen LogP contribution < -0.4 is 5.32 Å². The Hall–Kier alpha value is -3.55. The second kappa shape index (κ2) is 5.58. The number of benzene rings is 1. The van der Waals surface area contributed by atoms with E-state index >= 15 is 0 Å². The van der Waals surface area contributed by atoms with E-state index in [9.17, 15) is 4.79 Å². The van der Waals surface area contributed by atoms with Crippen LogP contribution in [0.2, 0.25) is 0 Å². The minimum Gasteiger partial charge on any atom is -0.321 e. The predicted molar refractivity (Wildman–Crippen MR) is 87.0 cm³/mol. The monoisotopic (exact) mass is 319 g/mol. The molecule has 1 aromatic carbocycles. The highest BCUT2D eigenvalue weighted by atomic mass is 16.1. The molecule has 0 unspecified atom stereocenters. The van der Waals surface area contributed by atoms with E-state index in [1.54, 1.807) is 18.3 Å². The number of imidazole rings is 1. The lowest BCUT2D eigenvalue weighted by Crippen LogP contribution is -2.12. The molecule has 0 spiro atoms. The summed E-state index contributed by atoms with van der Waals surface area (Å²) >= 11 is 0. The minimum absolute atomic E-state index is 0.256. The van der Waals surface area contributed by atoms with Gasteiger partial charge in [0.2, 0.25) is 0 Å². The van der Waals surface area contributed by atoms with Gasteiger partial charge in [0.25, 0.3) is 5.91 Å². The summed E-state index contributed by atoms with van der Waals surface area (Å²) in [5.74, 6) is -0.256. The van der Waals surface area contributed by atoms with E-state index in [1.165, 1.54) is 11.0 Å². The van der Waals surface area contributed by atoms with Gasteiger partial charge in [0.1, 0.15) is 17.7 Å². The van der Waals surface area contributed by atoms with Crippen LogP contribution in [0.1, 0.15) is 16.2 Å². The van der Waals surface area contributed by atoms with Gasteiger partial charge >= 0.3 is 0 Å². The number of carbonyl (C=O) groups excluding carboxylic acids is 1. The Morgan fingerprint density at radius 3 is 2.67 bits per heavy atom. The molecular formula is C16H13N7O. The molecule has 118 valence electrons. The van der Waals surface area contributed by atoms with E-state index < -0.39 is 0 Å². The highest BCUT2D eigenvalue weighted by Gasteiger charge is 2.12. The van der Waals surface area contributed by atoms with Crippen molar-refractivity contribution in [1.29, 1.82) is 0 Å². The maximum atomic E-state index is 12.4. The van der Waals surface area contributed by atoms with Crippen molar-refractivity contribution in [3.8, 4) is 5.69 Å². The summed E-state index contributed by atoms with van der Waals surface area (Å²) < 4.78 is 3.42. The van der Waals surface area contributed by atoms with Gasteiger partial charge in [0.05, 0.1) is 5.69 Å². The molecule has 3 heterocycles. The number of hydrogen-bond acceptors (Lipinski definition) is 5. The third-order valence-corrected chi connectivity index (χ3v) is 3.67. The van der Waals surface area contributed by atoms with E-state index in [0.29, 0.717) is 11.4 Å². The summed E-state index contributed by atoms with van der Waals surface area (Å²) in [4.78, 5) is 16.7. The Labute approximate surface area is 136 Å². The number of nitrogens with zero attached hydrogens (tertiary/aromatic N) is 6. The SMILES string of the molecule is Cc1cccc2nc(C(=O)Nc3ccc(-n4cnnn4)cc3)cn12. The number of pyridine rings is 1. The molecule has 0 aliphatic heterocycles. The van der Waals surface area contributed by atoms with Crippen LogP contribution in [0.5, 0.6) is 0 Å². The minimum atomic E-state index is -0.256. The Morgan fingerprint density at radius 2 is 1.96 bits per heavy atom. The van der Waals surface area contributed by atoms with Crippen LogP contribution in [0.4, 0.5) is 5.69 Å². The van der Waals surface area contributed by atoms with Crippen molar-refractivity contribution < 1.29 is 4.79 Å². The van der Waals surface area contributed by atoms with Crippen molar-refractivity contribution in [1.82, 2.24) is 29.6 Å². The molecule has 0 saturated heterocycles. The maximum Gasteiger partial charge on any atom is 0.275 e. The van der Waals surface area contributed by atoms with Gasteiger partial charge in [-0.25, -0.2) is 9.67 Å². The van der Waals surface area contributed by atoms with Crippen LogP contribution in [-0.4, -0.2) is 35.5 Å². The lowest BCUT2D eigenvalue weighted by Gasteiger charge is -2.04. The topological polar surface area (TPSA) is 90.0 Å². The maximum absolute atomic E-state index is 12.4. The first kappa shape index (κ1) is 14.1. The standard InChI is InChI=1S/C16H13N7O/c1-11-3-2-4-15-19-14(9-22(11)15)16(24)18-12-5-7-13(8-6-12)23-10-17-20-21-23/h2-10H,1H3,(H,18,24). The number of amides is 1. The van der Waals surface area contributed by atoms with Crippen LogP contribution in [0, 0.1) is 6.92 Å². The van der Waals surface area contributed by atoms with Crippen molar-refractivity contribution in [2.45, 2.75) is 6.92 Å². The van der Waals surface area contributed by atoms with Gasteiger partial charge in [0.15, 0.2) is 0 Å².